The highest BCUT2D eigenvalue weighted by atomic mass is 32.1. The number of Topliss-reactive ketones (excluding diaryl/α,β-unsaturated/α-hetero) is 1. The number of thiazole rings is 1. The molecule has 2 heterocycles. The minimum atomic E-state index is -0.763. The molecule has 152 valence electrons. The zero-order chi connectivity index (χ0) is 21.5. The number of aliphatic hydroxyl groups is 1. The zero-order valence-electron chi connectivity index (χ0n) is 16.6. The molecule has 1 aliphatic heterocycles. The summed E-state index contributed by atoms with van der Waals surface area (Å²) < 4.78 is 0.921. The van der Waals surface area contributed by atoms with Crippen LogP contribution in [0, 0.1) is 6.92 Å². The summed E-state index contributed by atoms with van der Waals surface area (Å²) in [6, 6.07) is 23.3. The second-order valence-electron chi connectivity index (χ2n) is 7.41. The van der Waals surface area contributed by atoms with Crippen LogP contribution in [0.2, 0.25) is 0 Å². The molecule has 1 aromatic heterocycles. The third kappa shape index (κ3) is 3.21. The minimum Gasteiger partial charge on any atom is -0.507 e. The quantitative estimate of drug-likeness (QED) is 0.277. The molecule has 3 aromatic carbocycles. The fourth-order valence-electron chi connectivity index (χ4n) is 3.81. The molecule has 1 saturated heterocycles. The van der Waals surface area contributed by atoms with Gasteiger partial charge in [0.2, 0.25) is 0 Å². The number of benzene rings is 3. The second kappa shape index (κ2) is 7.49. The number of fused-ring (bicyclic) bond motifs is 1. The molecule has 1 fully saturated rings. The molecular weight excluding hydrogens is 408 g/mol. The van der Waals surface area contributed by atoms with E-state index in [0.29, 0.717) is 10.7 Å². The largest absolute Gasteiger partial charge is 0.507 e. The SMILES string of the molecule is Cc1ccc(C2/C(=C(\O)c3ccccc3)C(=O)C(=O)N2c2nc3ccccc3s2)cc1. The van der Waals surface area contributed by atoms with E-state index in [1.54, 1.807) is 24.3 Å². The number of carbonyl (C=O) groups is 2. The van der Waals surface area contributed by atoms with Crippen LogP contribution in [0.1, 0.15) is 22.7 Å². The second-order valence-corrected chi connectivity index (χ2v) is 8.42. The molecule has 1 N–H and O–H groups in total. The molecule has 0 saturated carbocycles. The Hall–Kier alpha value is -3.77. The third-order valence-electron chi connectivity index (χ3n) is 5.37. The normalized spacial score (nSPS) is 18.1. The average Bonchev–Trinajstić information content (AvgIpc) is 3.33. The number of amides is 1. The van der Waals surface area contributed by atoms with Crippen molar-refractivity contribution in [2.75, 3.05) is 4.90 Å². The Morgan fingerprint density at radius 3 is 2.32 bits per heavy atom. The van der Waals surface area contributed by atoms with Crippen molar-refractivity contribution < 1.29 is 14.7 Å². The van der Waals surface area contributed by atoms with Gasteiger partial charge in [-0.1, -0.05) is 83.6 Å². The monoisotopic (exact) mass is 426 g/mol. The summed E-state index contributed by atoms with van der Waals surface area (Å²) in [6.45, 7) is 1.97. The van der Waals surface area contributed by atoms with Gasteiger partial charge < -0.3 is 5.11 Å². The van der Waals surface area contributed by atoms with Gasteiger partial charge in [0, 0.05) is 5.56 Å². The average molecular weight is 426 g/mol. The van der Waals surface area contributed by atoms with Crippen LogP contribution in [0.5, 0.6) is 0 Å². The number of ketones is 1. The van der Waals surface area contributed by atoms with Gasteiger partial charge in [0.05, 0.1) is 21.8 Å². The predicted molar refractivity (Wildman–Crippen MR) is 122 cm³/mol. The van der Waals surface area contributed by atoms with Gasteiger partial charge in [0.25, 0.3) is 5.78 Å². The fraction of sp³-hybridized carbons (Fsp3) is 0.0800. The van der Waals surface area contributed by atoms with E-state index in [1.165, 1.54) is 16.2 Å². The van der Waals surface area contributed by atoms with E-state index in [2.05, 4.69) is 4.98 Å². The van der Waals surface area contributed by atoms with Crippen molar-refractivity contribution >= 4 is 44.1 Å². The van der Waals surface area contributed by atoms with Gasteiger partial charge in [0.1, 0.15) is 5.76 Å². The first-order chi connectivity index (χ1) is 15.0. The molecule has 1 amide bonds. The summed E-state index contributed by atoms with van der Waals surface area (Å²) in [5.74, 6) is -1.60. The van der Waals surface area contributed by atoms with Crippen molar-refractivity contribution in [1.82, 2.24) is 4.98 Å². The Kier molecular flexibility index (Phi) is 4.64. The highest BCUT2D eigenvalue weighted by Crippen LogP contribution is 2.44. The lowest BCUT2D eigenvalue weighted by Crippen LogP contribution is -2.29. The number of nitrogens with zero attached hydrogens (tertiary/aromatic N) is 2. The van der Waals surface area contributed by atoms with Crippen molar-refractivity contribution in [2.45, 2.75) is 13.0 Å². The molecule has 0 spiro atoms. The first-order valence-corrected chi connectivity index (χ1v) is 10.6. The summed E-state index contributed by atoms with van der Waals surface area (Å²) >= 11 is 1.35. The number of aromatic nitrogens is 1. The maximum atomic E-state index is 13.2. The highest BCUT2D eigenvalue weighted by molar-refractivity contribution is 7.22. The van der Waals surface area contributed by atoms with E-state index < -0.39 is 17.7 Å². The molecule has 31 heavy (non-hydrogen) atoms. The molecule has 1 unspecified atom stereocenters. The molecule has 1 atom stereocenters. The van der Waals surface area contributed by atoms with E-state index >= 15 is 0 Å². The van der Waals surface area contributed by atoms with Crippen LogP contribution in [0.25, 0.3) is 16.0 Å². The van der Waals surface area contributed by atoms with Crippen LogP contribution in [-0.2, 0) is 9.59 Å². The van der Waals surface area contributed by atoms with Crippen molar-refractivity contribution in [2.24, 2.45) is 0 Å². The first kappa shape index (κ1) is 19.2. The van der Waals surface area contributed by atoms with Crippen LogP contribution < -0.4 is 4.90 Å². The van der Waals surface area contributed by atoms with Gasteiger partial charge >= 0.3 is 5.91 Å². The molecule has 5 rings (SSSR count). The molecule has 0 aliphatic carbocycles. The fourth-order valence-corrected chi connectivity index (χ4v) is 4.80. The Labute approximate surface area is 182 Å². The highest BCUT2D eigenvalue weighted by Gasteiger charge is 2.48. The summed E-state index contributed by atoms with van der Waals surface area (Å²) in [5, 5.41) is 11.5. The number of aryl methyl sites for hydroxylation is 1. The van der Waals surface area contributed by atoms with Crippen molar-refractivity contribution in [3.63, 3.8) is 0 Å². The standard InChI is InChI=1S/C25H18N2O3S/c1-15-11-13-16(14-12-15)21-20(22(28)17-7-3-2-4-8-17)23(29)24(30)27(21)25-26-18-9-5-6-10-19(18)31-25/h2-14,21,28H,1H3/b22-20+. The number of hydrogen-bond donors (Lipinski definition) is 1. The number of hydrogen-bond acceptors (Lipinski definition) is 5. The van der Waals surface area contributed by atoms with Gasteiger partial charge in [-0.25, -0.2) is 4.98 Å². The predicted octanol–water partition coefficient (Wildman–Crippen LogP) is 5.23. The topological polar surface area (TPSA) is 70.5 Å². The Morgan fingerprint density at radius 1 is 0.935 bits per heavy atom. The van der Waals surface area contributed by atoms with E-state index in [9.17, 15) is 14.7 Å². The molecule has 0 bridgehead atoms. The molecular formula is C25H18N2O3S. The Bertz CT molecular complexity index is 1310. The maximum Gasteiger partial charge on any atom is 0.301 e. The van der Waals surface area contributed by atoms with Gasteiger partial charge in [-0.3, -0.25) is 14.5 Å². The Morgan fingerprint density at radius 2 is 1.61 bits per heavy atom. The summed E-state index contributed by atoms with van der Waals surface area (Å²) in [7, 11) is 0. The minimum absolute atomic E-state index is 0.0688. The smallest absolute Gasteiger partial charge is 0.301 e. The van der Waals surface area contributed by atoms with E-state index in [-0.39, 0.29) is 11.3 Å². The van der Waals surface area contributed by atoms with Crippen molar-refractivity contribution in [1.29, 1.82) is 0 Å². The summed E-state index contributed by atoms with van der Waals surface area (Å²) in [5.41, 5.74) is 3.11. The van der Waals surface area contributed by atoms with Crippen LogP contribution in [0.15, 0.2) is 84.4 Å². The van der Waals surface area contributed by atoms with Crippen LogP contribution in [0.4, 0.5) is 5.13 Å². The van der Waals surface area contributed by atoms with E-state index in [4.69, 9.17) is 0 Å². The number of carbonyl (C=O) groups excluding carboxylic acids is 2. The molecule has 1 aliphatic rings. The van der Waals surface area contributed by atoms with Gasteiger partial charge in [0.15, 0.2) is 5.13 Å². The van der Waals surface area contributed by atoms with Gasteiger partial charge in [-0.2, -0.15) is 0 Å². The number of rotatable bonds is 3. The molecule has 0 radical (unpaired) electrons. The molecule has 4 aromatic rings. The summed E-state index contributed by atoms with van der Waals surface area (Å²) in [6.07, 6.45) is 0. The molecule has 6 heteroatoms. The van der Waals surface area contributed by atoms with E-state index in [1.807, 2.05) is 61.5 Å². The Balaban J connectivity index is 1.74. The van der Waals surface area contributed by atoms with Gasteiger partial charge in [-0.15, -0.1) is 0 Å². The van der Waals surface area contributed by atoms with Crippen LogP contribution in [-0.4, -0.2) is 21.8 Å². The summed E-state index contributed by atoms with van der Waals surface area (Å²) in [4.78, 5) is 32.3. The van der Waals surface area contributed by atoms with Crippen LogP contribution in [0.3, 0.4) is 0 Å². The lowest BCUT2D eigenvalue weighted by molar-refractivity contribution is -0.132. The third-order valence-corrected chi connectivity index (χ3v) is 6.41. The lowest BCUT2D eigenvalue weighted by Gasteiger charge is -2.23. The van der Waals surface area contributed by atoms with E-state index in [0.717, 1.165) is 21.3 Å². The first-order valence-electron chi connectivity index (χ1n) is 9.83. The number of para-hydroxylation sites is 1. The van der Waals surface area contributed by atoms with Crippen LogP contribution >= 0.6 is 11.3 Å². The number of aliphatic hydroxyl groups excluding tert-OH is 1. The zero-order valence-corrected chi connectivity index (χ0v) is 17.5. The maximum absolute atomic E-state index is 13.2. The van der Waals surface area contributed by atoms with Crippen molar-refractivity contribution in [3.05, 3.63) is 101 Å². The van der Waals surface area contributed by atoms with Gasteiger partial charge in [-0.05, 0) is 24.6 Å². The van der Waals surface area contributed by atoms with Crippen molar-refractivity contribution in [3.8, 4) is 0 Å². The lowest BCUT2D eigenvalue weighted by atomic mass is 9.95. The number of anilines is 1. The molecule has 5 nitrogen and oxygen atoms in total.